The maximum absolute atomic E-state index is 4.70. The second kappa shape index (κ2) is 15.6. The highest BCUT2D eigenvalue weighted by molar-refractivity contribution is 6.01. The number of aliphatic imine (C=N–C) groups is 1. The topological polar surface area (TPSA) is 27.6 Å². The fourth-order valence-corrected chi connectivity index (χ4v) is 5.67. The predicted molar refractivity (Wildman–Crippen MR) is 169 cm³/mol. The molecular weight excluding hydrogens is 462 g/mol. The van der Waals surface area contributed by atoms with Gasteiger partial charge in [0.15, 0.2) is 0 Å². The molecule has 38 heavy (non-hydrogen) atoms. The second-order valence-corrected chi connectivity index (χ2v) is 11.3. The largest absolute Gasteiger partial charge is 0.387 e. The average molecular weight is 516 g/mol. The van der Waals surface area contributed by atoms with Crippen LogP contribution in [-0.4, -0.2) is 24.2 Å². The van der Waals surface area contributed by atoms with Crippen LogP contribution >= 0.6 is 0 Å². The van der Waals surface area contributed by atoms with Gasteiger partial charge in [-0.2, -0.15) is 0 Å². The molecular formula is C35H53N3. The van der Waals surface area contributed by atoms with E-state index in [4.69, 9.17) is 4.99 Å². The quantitative estimate of drug-likeness (QED) is 0.222. The Morgan fingerprint density at radius 3 is 2.55 bits per heavy atom. The summed E-state index contributed by atoms with van der Waals surface area (Å²) in [6.45, 7) is 21.9. The maximum atomic E-state index is 4.70. The zero-order valence-corrected chi connectivity index (χ0v) is 25.4. The van der Waals surface area contributed by atoms with E-state index in [1.54, 1.807) is 6.20 Å². The Hall–Kier alpha value is -2.81. The summed E-state index contributed by atoms with van der Waals surface area (Å²) in [5, 5.41) is 3.28. The van der Waals surface area contributed by atoms with Gasteiger partial charge in [0.1, 0.15) is 0 Å². The van der Waals surface area contributed by atoms with Gasteiger partial charge < -0.3 is 10.2 Å². The van der Waals surface area contributed by atoms with Gasteiger partial charge in [0, 0.05) is 42.5 Å². The Kier molecular flexibility index (Phi) is 12.9. The molecule has 1 aromatic carbocycles. The van der Waals surface area contributed by atoms with Crippen molar-refractivity contribution in [2.75, 3.05) is 13.6 Å². The summed E-state index contributed by atoms with van der Waals surface area (Å²) in [4.78, 5) is 6.83. The molecule has 3 heteroatoms. The molecule has 0 spiro atoms. The molecule has 1 atom stereocenters. The van der Waals surface area contributed by atoms with Gasteiger partial charge in [0.25, 0.3) is 0 Å². The highest BCUT2D eigenvalue weighted by Gasteiger charge is 2.34. The lowest BCUT2D eigenvalue weighted by molar-refractivity contribution is 0.131. The van der Waals surface area contributed by atoms with E-state index in [2.05, 4.69) is 87.6 Å². The fraction of sp³-hybridized carbons (Fsp3) is 0.514. The Morgan fingerprint density at radius 1 is 1.26 bits per heavy atom. The molecule has 0 aliphatic heterocycles. The van der Waals surface area contributed by atoms with Gasteiger partial charge in [0.2, 0.25) is 0 Å². The fourth-order valence-electron chi connectivity index (χ4n) is 5.67. The van der Waals surface area contributed by atoms with E-state index in [9.17, 15) is 0 Å². The van der Waals surface area contributed by atoms with Crippen LogP contribution in [0.1, 0.15) is 109 Å². The summed E-state index contributed by atoms with van der Waals surface area (Å²) < 4.78 is 0. The lowest BCUT2D eigenvalue weighted by atomic mass is 9.64. The third-order valence-electron chi connectivity index (χ3n) is 8.11. The molecule has 1 unspecified atom stereocenters. The minimum Gasteiger partial charge on any atom is -0.387 e. The number of nitrogens with zero attached hydrogens (tertiary/aromatic N) is 2. The first kappa shape index (κ1) is 31.4. The molecule has 1 aromatic rings. The normalized spacial score (nSPS) is 16.8. The summed E-state index contributed by atoms with van der Waals surface area (Å²) in [6, 6.07) is 7.15. The molecule has 0 heterocycles. The Bertz CT molecular complexity index is 1050. The van der Waals surface area contributed by atoms with Crippen molar-refractivity contribution in [1.29, 1.82) is 0 Å². The van der Waals surface area contributed by atoms with Crippen LogP contribution < -0.4 is 5.32 Å². The minimum absolute atomic E-state index is 0.549. The van der Waals surface area contributed by atoms with Crippen molar-refractivity contribution in [3.8, 4) is 0 Å². The van der Waals surface area contributed by atoms with Crippen molar-refractivity contribution in [3.63, 3.8) is 0 Å². The summed E-state index contributed by atoms with van der Waals surface area (Å²) in [5.41, 5.74) is 9.17. The number of benzene rings is 1. The first-order valence-electron chi connectivity index (χ1n) is 14.5. The first-order valence-corrected chi connectivity index (χ1v) is 14.5. The van der Waals surface area contributed by atoms with Crippen molar-refractivity contribution >= 4 is 11.8 Å². The SMILES string of the molecule is C=CNC/C(C(CC/C=C/c1cc(C(CCC)CC2(C)CCC2)ccc1C)=NC)=C(/C)N(/C=C\C)C(=C)C. The summed E-state index contributed by atoms with van der Waals surface area (Å²) in [7, 11) is 1.89. The van der Waals surface area contributed by atoms with Gasteiger partial charge in [-0.05, 0) is 100 Å². The lowest BCUT2D eigenvalue weighted by Crippen LogP contribution is -2.27. The van der Waals surface area contributed by atoms with E-state index >= 15 is 0 Å². The van der Waals surface area contributed by atoms with Crippen LogP contribution in [0.4, 0.5) is 0 Å². The zero-order chi connectivity index (χ0) is 28.1. The van der Waals surface area contributed by atoms with E-state index in [1.807, 2.05) is 27.0 Å². The van der Waals surface area contributed by atoms with Gasteiger partial charge in [-0.15, -0.1) is 0 Å². The second-order valence-electron chi connectivity index (χ2n) is 11.3. The molecule has 1 aliphatic carbocycles. The summed E-state index contributed by atoms with van der Waals surface area (Å²) in [6.07, 6.45) is 20.3. The van der Waals surface area contributed by atoms with Crippen LogP contribution in [0.5, 0.6) is 0 Å². The van der Waals surface area contributed by atoms with E-state index in [0.29, 0.717) is 17.9 Å². The zero-order valence-electron chi connectivity index (χ0n) is 25.4. The van der Waals surface area contributed by atoms with Crippen LogP contribution in [0.2, 0.25) is 0 Å². The van der Waals surface area contributed by atoms with E-state index in [-0.39, 0.29) is 0 Å². The molecule has 0 amide bonds. The van der Waals surface area contributed by atoms with Gasteiger partial charge >= 0.3 is 0 Å². The average Bonchev–Trinajstić information content (AvgIpc) is 2.87. The van der Waals surface area contributed by atoms with E-state index in [1.165, 1.54) is 60.8 Å². The number of rotatable bonds is 16. The predicted octanol–water partition coefficient (Wildman–Crippen LogP) is 9.70. The van der Waals surface area contributed by atoms with Crippen LogP contribution in [0, 0.1) is 12.3 Å². The van der Waals surface area contributed by atoms with Crippen molar-refractivity contribution in [2.24, 2.45) is 10.4 Å². The van der Waals surface area contributed by atoms with E-state index in [0.717, 1.165) is 29.9 Å². The number of aryl methyl sites for hydroxylation is 1. The standard InChI is InChI=1S/C35H53N3/c1-10-16-32(25-35(8)21-15-22-35)31-20-19-28(6)30(24-31)17-13-14-18-34(36-9)33(26-37-12-3)29(7)38(23-11-2)27(4)5/h11-13,17,19-20,23-24,32,37H,3-4,10,14-16,18,21-22,25-26H2,1-2,5-9H3/b17-13+,23-11-,33-29+,36-34?. The minimum atomic E-state index is 0.549. The molecule has 0 bridgehead atoms. The van der Waals surface area contributed by atoms with Gasteiger partial charge in [0.05, 0.1) is 0 Å². The highest BCUT2D eigenvalue weighted by atomic mass is 15.1. The molecule has 2 rings (SSSR count). The summed E-state index contributed by atoms with van der Waals surface area (Å²) >= 11 is 0. The molecule has 0 radical (unpaired) electrons. The lowest BCUT2D eigenvalue weighted by Gasteiger charge is -2.41. The van der Waals surface area contributed by atoms with Crippen molar-refractivity contribution < 1.29 is 0 Å². The number of hydrogen-bond acceptors (Lipinski definition) is 3. The van der Waals surface area contributed by atoms with Crippen LogP contribution in [0.25, 0.3) is 6.08 Å². The molecule has 1 aliphatic rings. The van der Waals surface area contributed by atoms with Crippen LogP contribution in [-0.2, 0) is 0 Å². The number of hydrogen-bond donors (Lipinski definition) is 1. The third kappa shape index (κ3) is 8.89. The summed E-state index contributed by atoms with van der Waals surface area (Å²) in [5.74, 6) is 0.665. The van der Waals surface area contributed by atoms with Crippen LogP contribution in [0.15, 0.2) is 77.9 Å². The molecule has 3 nitrogen and oxygen atoms in total. The van der Waals surface area contributed by atoms with Gasteiger partial charge in [-0.1, -0.05) is 76.3 Å². The molecule has 208 valence electrons. The molecule has 0 aromatic heterocycles. The number of nitrogens with one attached hydrogen (secondary N) is 1. The smallest absolute Gasteiger partial charge is 0.0430 e. The van der Waals surface area contributed by atoms with E-state index < -0.39 is 0 Å². The molecule has 1 N–H and O–H groups in total. The third-order valence-corrected chi connectivity index (χ3v) is 8.11. The first-order chi connectivity index (χ1) is 18.2. The van der Waals surface area contributed by atoms with Crippen LogP contribution in [0.3, 0.4) is 0 Å². The van der Waals surface area contributed by atoms with Crippen molar-refractivity contribution in [1.82, 2.24) is 10.2 Å². The monoisotopic (exact) mass is 515 g/mol. The highest BCUT2D eigenvalue weighted by Crippen LogP contribution is 2.48. The number of allylic oxidation sites excluding steroid dienone is 4. The molecule has 1 fully saturated rings. The van der Waals surface area contributed by atoms with Gasteiger partial charge in [-0.25, -0.2) is 0 Å². The molecule has 0 saturated heterocycles. The Balaban J connectivity index is 2.20. The van der Waals surface area contributed by atoms with Gasteiger partial charge in [-0.3, -0.25) is 4.99 Å². The van der Waals surface area contributed by atoms with Crippen molar-refractivity contribution in [2.45, 2.75) is 98.8 Å². The Morgan fingerprint density at radius 2 is 2.00 bits per heavy atom. The molecule has 1 saturated carbocycles. The van der Waals surface area contributed by atoms with Crippen molar-refractivity contribution in [3.05, 3.63) is 89.6 Å². The Labute approximate surface area is 234 Å². The maximum Gasteiger partial charge on any atom is 0.0430 e.